The number of hydrogen-bond donors (Lipinski definition) is 1. The second kappa shape index (κ2) is 9.47. The highest BCUT2D eigenvalue weighted by molar-refractivity contribution is 6.30. The van der Waals surface area contributed by atoms with Crippen molar-refractivity contribution < 1.29 is 4.79 Å². The van der Waals surface area contributed by atoms with Crippen molar-refractivity contribution in [3.05, 3.63) is 113 Å². The van der Waals surface area contributed by atoms with E-state index in [1.165, 1.54) is 16.3 Å². The summed E-state index contributed by atoms with van der Waals surface area (Å²) in [5.41, 5.74) is 4.28. The standard InChI is InChI=1S/C28H24ClN3O/c29-23-14-12-20(13-15-23)18-28(33)30-17-16-27-31-25-10-3-4-11-26(25)32(27)19-22-8-5-7-21-6-1-2-9-24(21)22/h1-15H,16-19H2,(H,30,33). The number of para-hydroxylation sites is 2. The Hall–Kier alpha value is -3.63. The van der Waals surface area contributed by atoms with Crippen LogP contribution >= 0.6 is 11.6 Å². The van der Waals surface area contributed by atoms with Crippen LogP contribution in [-0.4, -0.2) is 22.0 Å². The summed E-state index contributed by atoms with van der Waals surface area (Å²) in [6.45, 7) is 1.27. The Morgan fingerprint density at radius 3 is 2.52 bits per heavy atom. The summed E-state index contributed by atoms with van der Waals surface area (Å²) in [5, 5.41) is 6.19. The molecular formula is C28H24ClN3O. The number of imidazole rings is 1. The molecule has 0 aliphatic rings. The van der Waals surface area contributed by atoms with Gasteiger partial charge < -0.3 is 9.88 Å². The van der Waals surface area contributed by atoms with Crippen molar-refractivity contribution in [1.82, 2.24) is 14.9 Å². The summed E-state index contributed by atoms with van der Waals surface area (Å²) in [6.07, 6.45) is 0.995. The molecule has 1 N–H and O–H groups in total. The number of benzene rings is 4. The summed E-state index contributed by atoms with van der Waals surface area (Å²) < 4.78 is 2.27. The normalized spacial score (nSPS) is 11.2. The second-order valence-electron chi connectivity index (χ2n) is 8.14. The van der Waals surface area contributed by atoms with Gasteiger partial charge in [0.25, 0.3) is 0 Å². The van der Waals surface area contributed by atoms with Crippen molar-refractivity contribution in [2.24, 2.45) is 0 Å². The van der Waals surface area contributed by atoms with Gasteiger partial charge in [-0.15, -0.1) is 0 Å². The van der Waals surface area contributed by atoms with Crippen LogP contribution < -0.4 is 5.32 Å². The third-order valence-corrected chi connectivity index (χ3v) is 6.14. The Kier molecular flexibility index (Phi) is 6.09. The Labute approximate surface area is 197 Å². The fraction of sp³-hybridized carbons (Fsp3) is 0.143. The molecule has 0 saturated heterocycles. The lowest BCUT2D eigenvalue weighted by molar-refractivity contribution is -0.120. The van der Waals surface area contributed by atoms with E-state index in [2.05, 4.69) is 58.4 Å². The number of hydrogen-bond acceptors (Lipinski definition) is 2. The number of halogens is 1. The van der Waals surface area contributed by atoms with E-state index in [1.807, 2.05) is 30.3 Å². The molecule has 5 heteroatoms. The molecule has 4 nitrogen and oxygen atoms in total. The number of nitrogens with zero attached hydrogens (tertiary/aromatic N) is 2. The van der Waals surface area contributed by atoms with Gasteiger partial charge >= 0.3 is 0 Å². The lowest BCUT2D eigenvalue weighted by Gasteiger charge is -2.12. The smallest absolute Gasteiger partial charge is 0.224 e. The van der Waals surface area contributed by atoms with Crippen molar-refractivity contribution >= 4 is 39.3 Å². The van der Waals surface area contributed by atoms with E-state index in [0.29, 0.717) is 24.4 Å². The highest BCUT2D eigenvalue weighted by Gasteiger charge is 2.13. The maximum Gasteiger partial charge on any atom is 0.224 e. The fourth-order valence-electron chi connectivity index (χ4n) is 4.26. The fourth-order valence-corrected chi connectivity index (χ4v) is 4.38. The molecule has 0 unspecified atom stereocenters. The van der Waals surface area contributed by atoms with Crippen LogP contribution in [0.2, 0.25) is 5.02 Å². The molecule has 0 spiro atoms. The number of nitrogens with one attached hydrogen (secondary N) is 1. The van der Waals surface area contributed by atoms with Crippen molar-refractivity contribution in [2.45, 2.75) is 19.4 Å². The van der Waals surface area contributed by atoms with Gasteiger partial charge in [0, 0.05) is 24.5 Å². The van der Waals surface area contributed by atoms with E-state index in [1.54, 1.807) is 12.1 Å². The van der Waals surface area contributed by atoms with Crippen LogP contribution in [0.5, 0.6) is 0 Å². The molecule has 0 aliphatic heterocycles. The van der Waals surface area contributed by atoms with Crippen molar-refractivity contribution in [3.8, 4) is 0 Å². The van der Waals surface area contributed by atoms with Gasteiger partial charge in [-0.2, -0.15) is 0 Å². The number of carbonyl (C=O) groups is 1. The first-order valence-electron chi connectivity index (χ1n) is 11.1. The number of carbonyl (C=O) groups excluding carboxylic acids is 1. The summed E-state index contributed by atoms with van der Waals surface area (Å²) in [7, 11) is 0. The van der Waals surface area contributed by atoms with Crippen LogP contribution in [0.25, 0.3) is 21.8 Å². The minimum Gasteiger partial charge on any atom is -0.355 e. The molecule has 0 atom stereocenters. The minimum atomic E-state index is -0.00552. The monoisotopic (exact) mass is 453 g/mol. The summed E-state index contributed by atoms with van der Waals surface area (Å²) >= 11 is 5.93. The molecule has 0 aliphatic carbocycles. The van der Waals surface area contributed by atoms with Gasteiger partial charge in [-0.3, -0.25) is 4.79 Å². The van der Waals surface area contributed by atoms with Crippen molar-refractivity contribution in [2.75, 3.05) is 6.54 Å². The van der Waals surface area contributed by atoms with Gasteiger partial charge in [-0.05, 0) is 46.2 Å². The lowest BCUT2D eigenvalue weighted by atomic mass is 10.0. The van der Waals surface area contributed by atoms with Gasteiger partial charge in [-0.1, -0.05) is 78.3 Å². The Bertz CT molecular complexity index is 1420. The summed E-state index contributed by atoms with van der Waals surface area (Å²) in [6, 6.07) is 30.4. The van der Waals surface area contributed by atoms with E-state index in [4.69, 9.17) is 16.6 Å². The summed E-state index contributed by atoms with van der Waals surface area (Å²) in [4.78, 5) is 17.3. The summed E-state index contributed by atoms with van der Waals surface area (Å²) in [5.74, 6) is 0.963. The van der Waals surface area contributed by atoms with Crippen LogP contribution in [0.3, 0.4) is 0 Å². The van der Waals surface area contributed by atoms with Gasteiger partial charge in [0.1, 0.15) is 5.82 Å². The molecule has 1 heterocycles. The predicted molar refractivity (Wildman–Crippen MR) is 135 cm³/mol. The Morgan fingerprint density at radius 2 is 1.64 bits per heavy atom. The van der Waals surface area contributed by atoms with Gasteiger partial charge in [-0.25, -0.2) is 4.98 Å². The maximum atomic E-state index is 12.4. The first-order chi connectivity index (χ1) is 16.2. The Balaban J connectivity index is 1.34. The predicted octanol–water partition coefficient (Wildman–Crippen LogP) is 5.79. The quantitative estimate of drug-likeness (QED) is 0.339. The highest BCUT2D eigenvalue weighted by Crippen LogP contribution is 2.23. The van der Waals surface area contributed by atoms with Crippen LogP contribution in [0.4, 0.5) is 0 Å². The first-order valence-corrected chi connectivity index (χ1v) is 11.5. The second-order valence-corrected chi connectivity index (χ2v) is 8.58. The van der Waals surface area contributed by atoms with Gasteiger partial charge in [0.15, 0.2) is 0 Å². The van der Waals surface area contributed by atoms with E-state index in [0.717, 1.165) is 29.0 Å². The molecule has 164 valence electrons. The number of amides is 1. The van der Waals surface area contributed by atoms with Gasteiger partial charge in [0.05, 0.1) is 17.5 Å². The Morgan fingerprint density at radius 1 is 0.879 bits per heavy atom. The SMILES string of the molecule is O=C(Cc1ccc(Cl)cc1)NCCc1nc2ccccc2n1Cc1cccc2ccccc12. The van der Waals surface area contributed by atoms with Crippen molar-refractivity contribution in [3.63, 3.8) is 0 Å². The van der Waals surface area contributed by atoms with Crippen LogP contribution in [-0.2, 0) is 24.2 Å². The largest absolute Gasteiger partial charge is 0.355 e. The van der Waals surface area contributed by atoms with Crippen molar-refractivity contribution in [1.29, 1.82) is 0 Å². The molecule has 0 saturated carbocycles. The average molecular weight is 454 g/mol. The van der Waals surface area contributed by atoms with E-state index >= 15 is 0 Å². The third-order valence-electron chi connectivity index (χ3n) is 5.89. The average Bonchev–Trinajstić information content (AvgIpc) is 3.18. The minimum absolute atomic E-state index is 0.00552. The molecular weight excluding hydrogens is 430 g/mol. The van der Waals surface area contributed by atoms with E-state index in [-0.39, 0.29) is 5.91 Å². The topological polar surface area (TPSA) is 46.9 Å². The lowest BCUT2D eigenvalue weighted by Crippen LogP contribution is -2.28. The third kappa shape index (κ3) is 4.76. The molecule has 5 aromatic rings. The molecule has 4 aromatic carbocycles. The maximum absolute atomic E-state index is 12.4. The van der Waals surface area contributed by atoms with Crippen LogP contribution in [0.1, 0.15) is 17.0 Å². The molecule has 0 fully saturated rings. The number of fused-ring (bicyclic) bond motifs is 2. The molecule has 5 rings (SSSR count). The molecule has 33 heavy (non-hydrogen) atoms. The number of aromatic nitrogens is 2. The van der Waals surface area contributed by atoms with E-state index < -0.39 is 0 Å². The molecule has 0 bridgehead atoms. The van der Waals surface area contributed by atoms with E-state index in [9.17, 15) is 4.79 Å². The zero-order valence-electron chi connectivity index (χ0n) is 18.2. The zero-order valence-corrected chi connectivity index (χ0v) is 18.9. The highest BCUT2D eigenvalue weighted by atomic mass is 35.5. The molecule has 1 amide bonds. The zero-order chi connectivity index (χ0) is 22.6. The number of rotatable bonds is 7. The molecule has 0 radical (unpaired) electrons. The first kappa shape index (κ1) is 21.2. The van der Waals surface area contributed by atoms with Crippen LogP contribution in [0.15, 0.2) is 91.0 Å². The van der Waals surface area contributed by atoms with Gasteiger partial charge in [0.2, 0.25) is 5.91 Å². The molecule has 1 aromatic heterocycles. The van der Waals surface area contributed by atoms with Crippen LogP contribution in [0, 0.1) is 0 Å².